The molecule has 5 heteroatoms. The molecule has 0 saturated heterocycles. The Morgan fingerprint density at radius 1 is 1.10 bits per heavy atom. The number of carbonyl (C=O) groups is 2. The number of fused-ring (bicyclic) bond motifs is 1. The summed E-state index contributed by atoms with van der Waals surface area (Å²) in [7, 11) is 0. The van der Waals surface area contributed by atoms with Crippen LogP contribution in [0.15, 0.2) is 48.5 Å². The van der Waals surface area contributed by atoms with Crippen molar-refractivity contribution < 1.29 is 9.59 Å². The van der Waals surface area contributed by atoms with Crippen LogP contribution in [0.2, 0.25) is 5.02 Å². The average molecular weight is 439 g/mol. The summed E-state index contributed by atoms with van der Waals surface area (Å²) < 4.78 is 0. The van der Waals surface area contributed by atoms with Crippen molar-refractivity contribution in [3.8, 4) is 0 Å². The summed E-state index contributed by atoms with van der Waals surface area (Å²) in [6, 6.07) is 15.5. The second-order valence-electron chi connectivity index (χ2n) is 9.37. The van der Waals surface area contributed by atoms with Crippen LogP contribution in [-0.4, -0.2) is 34.8 Å². The van der Waals surface area contributed by atoms with E-state index in [2.05, 4.69) is 12.2 Å². The van der Waals surface area contributed by atoms with Gasteiger partial charge in [0.05, 0.1) is 0 Å². The molecule has 164 valence electrons. The Labute approximate surface area is 190 Å². The molecule has 0 unspecified atom stereocenters. The van der Waals surface area contributed by atoms with Gasteiger partial charge in [0.15, 0.2) is 0 Å². The molecule has 0 bridgehead atoms. The highest BCUT2D eigenvalue weighted by molar-refractivity contribution is 6.30. The Balaban J connectivity index is 1.57. The molecule has 0 aromatic heterocycles. The average Bonchev–Trinajstić information content (AvgIpc) is 2.76. The van der Waals surface area contributed by atoms with Crippen LogP contribution in [0.5, 0.6) is 0 Å². The lowest BCUT2D eigenvalue weighted by atomic mass is 9.81. The highest BCUT2D eigenvalue weighted by Gasteiger charge is 2.47. The molecule has 2 aromatic rings. The third-order valence-electron chi connectivity index (χ3n) is 7.00. The molecule has 0 spiro atoms. The van der Waals surface area contributed by atoms with Gasteiger partial charge in [-0.15, -0.1) is 0 Å². The van der Waals surface area contributed by atoms with Gasteiger partial charge in [0.1, 0.15) is 5.54 Å². The molecule has 4 rings (SSSR count). The van der Waals surface area contributed by atoms with E-state index in [0.717, 1.165) is 42.7 Å². The first kappa shape index (κ1) is 21.9. The van der Waals surface area contributed by atoms with Crippen LogP contribution < -0.4 is 5.32 Å². The molecule has 1 fully saturated rings. The summed E-state index contributed by atoms with van der Waals surface area (Å²) in [5, 5.41) is 3.98. The first-order valence-electron chi connectivity index (χ1n) is 11.3. The molecule has 0 radical (unpaired) electrons. The van der Waals surface area contributed by atoms with Crippen LogP contribution in [0.3, 0.4) is 0 Å². The molecule has 1 atom stereocenters. The Morgan fingerprint density at radius 2 is 1.77 bits per heavy atom. The van der Waals surface area contributed by atoms with E-state index in [1.54, 1.807) is 4.90 Å². The van der Waals surface area contributed by atoms with Crippen LogP contribution >= 0.6 is 11.6 Å². The molecular weight excluding hydrogens is 408 g/mol. The molecule has 2 amide bonds. The second kappa shape index (κ2) is 9.04. The van der Waals surface area contributed by atoms with Gasteiger partial charge in [0.2, 0.25) is 5.91 Å². The highest BCUT2D eigenvalue weighted by atomic mass is 35.5. The van der Waals surface area contributed by atoms with E-state index < -0.39 is 5.54 Å². The maximum Gasteiger partial charge on any atom is 0.255 e. The molecule has 2 aromatic carbocycles. The zero-order chi connectivity index (χ0) is 22.0. The van der Waals surface area contributed by atoms with Gasteiger partial charge in [-0.25, -0.2) is 0 Å². The first-order valence-corrected chi connectivity index (χ1v) is 11.7. The number of carbonyl (C=O) groups excluding carboxylic acids is 2. The van der Waals surface area contributed by atoms with Crippen molar-refractivity contribution in [2.45, 2.75) is 64.0 Å². The second-order valence-corrected chi connectivity index (χ2v) is 9.81. The Bertz CT molecular complexity index is 950. The molecule has 1 aliphatic carbocycles. The van der Waals surface area contributed by atoms with E-state index in [-0.39, 0.29) is 17.9 Å². The van der Waals surface area contributed by atoms with Crippen molar-refractivity contribution in [2.75, 3.05) is 6.54 Å². The van der Waals surface area contributed by atoms with Crippen molar-refractivity contribution in [1.29, 1.82) is 0 Å². The Hall–Kier alpha value is -2.33. The minimum atomic E-state index is -0.902. The highest BCUT2D eigenvalue weighted by Crippen LogP contribution is 2.32. The normalized spacial score (nSPS) is 25.8. The first-order chi connectivity index (χ1) is 14.9. The van der Waals surface area contributed by atoms with E-state index in [1.807, 2.05) is 55.5 Å². The van der Waals surface area contributed by atoms with E-state index in [9.17, 15) is 9.59 Å². The Morgan fingerprint density at radius 3 is 2.48 bits per heavy atom. The zero-order valence-corrected chi connectivity index (χ0v) is 19.1. The molecule has 1 heterocycles. The van der Waals surface area contributed by atoms with Gasteiger partial charge in [-0.2, -0.15) is 0 Å². The lowest BCUT2D eigenvalue weighted by molar-refractivity contribution is -0.132. The standard InChI is InChI=1S/C26H31ClN2O2/c1-18-7-13-22(14-8-18)28-25(31)26(2)17-20-5-3-4-6-23(20)24(30)29(26)16-15-19-9-11-21(27)12-10-19/h3-6,9-12,18,22H,7-8,13-17H2,1-2H3,(H,28,31)/t18?,22?,26-/m1/s1. The number of nitrogens with zero attached hydrogens (tertiary/aromatic N) is 1. The molecular formula is C26H31ClN2O2. The zero-order valence-electron chi connectivity index (χ0n) is 18.4. The maximum absolute atomic E-state index is 13.6. The predicted octanol–water partition coefficient (Wildman–Crippen LogP) is 5.03. The number of rotatable bonds is 5. The van der Waals surface area contributed by atoms with E-state index >= 15 is 0 Å². The topological polar surface area (TPSA) is 49.4 Å². The van der Waals surface area contributed by atoms with Crippen LogP contribution in [-0.2, 0) is 17.6 Å². The number of benzene rings is 2. The van der Waals surface area contributed by atoms with E-state index in [0.29, 0.717) is 30.0 Å². The minimum Gasteiger partial charge on any atom is -0.351 e. The van der Waals surface area contributed by atoms with Crippen molar-refractivity contribution in [3.63, 3.8) is 0 Å². The number of nitrogens with one attached hydrogen (secondary N) is 1. The number of halogens is 1. The van der Waals surface area contributed by atoms with Crippen molar-refractivity contribution in [1.82, 2.24) is 10.2 Å². The number of hydrogen-bond donors (Lipinski definition) is 1. The van der Waals surface area contributed by atoms with Gasteiger partial charge in [-0.1, -0.05) is 48.9 Å². The molecule has 4 nitrogen and oxygen atoms in total. The van der Waals surface area contributed by atoms with Gasteiger partial charge in [-0.05, 0) is 74.3 Å². The summed E-state index contributed by atoms with van der Waals surface area (Å²) in [5.74, 6) is 0.625. The Kier molecular flexibility index (Phi) is 6.38. The van der Waals surface area contributed by atoms with Crippen molar-refractivity contribution in [2.24, 2.45) is 5.92 Å². The van der Waals surface area contributed by atoms with Crippen LogP contribution in [0.4, 0.5) is 0 Å². The van der Waals surface area contributed by atoms with Gasteiger partial charge in [0.25, 0.3) is 5.91 Å². The third-order valence-corrected chi connectivity index (χ3v) is 7.25. The number of hydrogen-bond acceptors (Lipinski definition) is 2. The van der Waals surface area contributed by atoms with Gasteiger partial charge < -0.3 is 10.2 Å². The fourth-order valence-electron chi connectivity index (χ4n) is 4.91. The van der Waals surface area contributed by atoms with Gasteiger partial charge in [-0.3, -0.25) is 9.59 Å². The van der Waals surface area contributed by atoms with E-state index in [1.165, 1.54) is 0 Å². The monoisotopic (exact) mass is 438 g/mol. The summed E-state index contributed by atoms with van der Waals surface area (Å²) in [6.07, 6.45) is 5.52. The molecule has 1 saturated carbocycles. The van der Waals surface area contributed by atoms with Crippen LogP contribution in [0, 0.1) is 5.92 Å². The SMILES string of the molecule is CC1CCC(NC(=O)[C@@]2(C)Cc3ccccc3C(=O)N2CCc2ccc(Cl)cc2)CC1. The van der Waals surface area contributed by atoms with Crippen molar-refractivity contribution in [3.05, 3.63) is 70.2 Å². The van der Waals surface area contributed by atoms with Crippen molar-refractivity contribution >= 4 is 23.4 Å². The fraction of sp³-hybridized carbons (Fsp3) is 0.462. The molecule has 1 N–H and O–H groups in total. The quantitative estimate of drug-likeness (QED) is 0.711. The lowest BCUT2D eigenvalue weighted by Crippen LogP contribution is -2.64. The maximum atomic E-state index is 13.6. The predicted molar refractivity (Wildman–Crippen MR) is 124 cm³/mol. The smallest absolute Gasteiger partial charge is 0.255 e. The summed E-state index contributed by atoms with van der Waals surface area (Å²) in [4.78, 5) is 28.8. The van der Waals surface area contributed by atoms with E-state index in [4.69, 9.17) is 11.6 Å². The lowest BCUT2D eigenvalue weighted by Gasteiger charge is -2.45. The van der Waals surface area contributed by atoms with Gasteiger partial charge >= 0.3 is 0 Å². The molecule has 2 aliphatic rings. The summed E-state index contributed by atoms with van der Waals surface area (Å²) >= 11 is 6.01. The summed E-state index contributed by atoms with van der Waals surface area (Å²) in [5.41, 5.74) is 1.85. The molecule has 1 aliphatic heterocycles. The molecule has 31 heavy (non-hydrogen) atoms. The largest absolute Gasteiger partial charge is 0.351 e. The minimum absolute atomic E-state index is 0.0361. The third kappa shape index (κ3) is 4.64. The van der Waals surface area contributed by atoms with Crippen LogP contribution in [0.1, 0.15) is 61.0 Å². The van der Waals surface area contributed by atoms with Gasteiger partial charge in [0, 0.05) is 29.6 Å². The fourth-order valence-corrected chi connectivity index (χ4v) is 5.03. The summed E-state index contributed by atoms with van der Waals surface area (Å²) in [6.45, 7) is 4.68. The number of amides is 2. The van der Waals surface area contributed by atoms with Crippen LogP contribution in [0.25, 0.3) is 0 Å².